The molecule has 0 bridgehead atoms. The maximum atomic E-state index is 12.0. The third-order valence-corrected chi connectivity index (χ3v) is 4.90. The van der Waals surface area contributed by atoms with Gasteiger partial charge >= 0.3 is 0 Å². The third kappa shape index (κ3) is 4.29. The molecule has 1 aliphatic carbocycles. The number of hydrogen-bond donors (Lipinski definition) is 2. The molecule has 1 amide bonds. The summed E-state index contributed by atoms with van der Waals surface area (Å²) in [5, 5.41) is 16.3. The Kier molecular flexibility index (Phi) is 5.77. The molecule has 0 aliphatic heterocycles. The van der Waals surface area contributed by atoms with Crippen molar-refractivity contribution in [2.75, 3.05) is 11.9 Å². The summed E-state index contributed by atoms with van der Waals surface area (Å²) >= 11 is 1.59. The van der Waals surface area contributed by atoms with Gasteiger partial charge in [0, 0.05) is 23.9 Å². The van der Waals surface area contributed by atoms with Crippen LogP contribution in [0.1, 0.15) is 55.5 Å². The SMILES string of the molecule is CC(C)NCCC(=O)Nc1sc2c(c1C#N)CCCCC2. The van der Waals surface area contributed by atoms with Gasteiger partial charge in [0.05, 0.1) is 5.56 Å². The zero-order valence-electron chi connectivity index (χ0n) is 12.8. The summed E-state index contributed by atoms with van der Waals surface area (Å²) in [6.07, 6.45) is 6.01. The van der Waals surface area contributed by atoms with E-state index >= 15 is 0 Å². The second-order valence-electron chi connectivity index (χ2n) is 5.79. The number of thiophene rings is 1. The van der Waals surface area contributed by atoms with Gasteiger partial charge in [0.15, 0.2) is 0 Å². The minimum absolute atomic E-state index is 0.0175. The highest BCUT2D eigenvalue weighted by atomic mass is 32.1. The molecule has 21 heavy (non-hydrogen) atoms. The minimum atomic E-state index is -0.0175. The molecule has 0 atom stereocenters. The summed E-state index contributed by atoms with van der Waals surface area (Å²) in [4.78, 5) is 13.3. The quantitative estimate of drug-likeness (QED) is 0.821. The minimum Gasteiger partial charge on any atom is -0.317 e. The van der Waals surface area contributed by atoms with E-state index in [0.29, 0.717) is 24.6 Å². The van der Waals surface area contributed by atoms with Crippen LogP contribution < -0.4 is 10.6 Å². The van der Waals surface area contributed by atoms with Gasteiger partial charge in [0.25, 0.3) is 0 Å². The van der Waals surface area contributed by atoms with Gasteiger partial charge in [-0.3, -0.25) is 4.79 Å². The van der Waals surface area contributed by atoms with Crippen molar-refractivity contribution in [1.29, 1.82) is 5.26 Å². The highest BCUT2D eigenvalue weighted by Crippen LogP contribution is 2.36. The maximum absolute atomic E-state index is 12.0. The lowest BCUT2D eigenvalue weighted by Gasteiger charge is -2.08. The van der Waals surface area contributed by atoms with Gasteiger partial charge in [-0.2, -0.15) is 5.26 Å². The summed E-state index contributed by atoms with van der Waals surface area (Å²) in [6, 6.07) is 2.67. The largest absolute Gasteiger partial charge is 0.317 e. The normalized spacial score (nSPS) is 14.4. The van der Waals surface area contributed by atoms with Crippen molar-refractivity contribution < 1.29 is 4.79 Å². The van der Waals surface area contributed by atoms with Crippen LogP contribution >= 0.6 is 11.3 Å². The van der Waals surface area contributed by atoms with Crippen molar-refractivity contribution in [1.82, 2.24) is 5.32 Å². The predicted molar refractivity (Wildman–Crippen MR) is 86.7 cm³/mol. The van der Waals surface area contributed by atoms with Gasteiger partial charge < -0.3 is 10.6 Å². The molecule has 114 valence electrons. The van der Waals surface area contributed by atoms with E-state index in [1.54, 1.807) is 11.3 Å². The summed E-state index contributed by atoms with van der Waals surface area (Å²) in [5.74, 6) is -0.0175. The van der Waals surface area contributed by atoms with E-state index in [9.17, 15) is 10.1 Å². The van der Waals surface area contributed by atoms with Crippen LogP contribution in [-0.2, 0) is 17.6 Å². The molecule has 2 rings (SSSR count). The zero-order valence-corrected chi connectivity index (χ0v) is 13.6. The first kappa shape index (κ1) is 16.0. The maximum Gasteiger partial charge on any atom is 0.226 e. The first-order valence-electron chi connectivity index (χ1n) is 7.69. The number of nitrogens with one attached hydrogen (secondary N) is 2. The fraction of sp³-hybridized carbons (Fsp3) is 0.625. The predicted octanol–water partition coefficient (Wildman–Crippen LogP) is 3.22. The Bertz CT molecular complexity index is 542. The second kappa shape index (κ2) is 7.58. The fourth-order valence-corrected chi connectivity index (χ4v) is 3.87. The number of anilines is 1. The summed E-state index contributed by atoms with van der Waals surface area (Å²) in [7, 11) is 0. The summed E-state index contributed by atoms with van der Waals surface area (Å²) in [5.41, 5.74) is 1.87. The molecule has 2 N–H and O–H groups in total. The number of carbonyl (C=O) groups is 1. The van der Waals surface area contributed by atoms with E-state index in [1.807, 2.05) is 0 Å². The molecule has 1 aliphatic rings. The monoisotopic (exact) mass is 305 g/mol. The number of hydrogen-bond acceptors (Lipinski definition) is 4. The Balaban J connectivity index is 2.03. The number of aryl methyl sites for hydroxylation is 1. The Morgan fingerprint density at radius 3 is 2.81 bits per heavy atom. The Morgan fingerprint density at radius 1 is 1.33 bits per heavy atom. The molecule has 1 heterocycles. The molecular formula is C16H23N3OS. The van der Waals surface area contributed by atoms with Crippen molar-refractivity contribution in [2.24, 2.45) is 0 Å². The number of amides is 1. The van der Waals surface area contributed by atoms with E-state index in [1.165, 1.54) is 23.3 Å². The van der Waals surface area contributed by atoms with Crippen LogP contribution in [0.4, 0.5) is 5.00 Å². The average molecular weight is 305 g/mol. The lowest BCUT2D eigenvalue weighted by Crippen LogP contribution is -2.27. The van der Waals surface area contributed by atoms with Gasteiger partial charge in [0.1, 0.15) is 11.1 Å². The molecule has 0 radical (unpaired) electrons. The van der Waals surface area contributed by atoms with Crippen LogP contribution in [0, 0.1) is 11.3 Å². The van der Waals surface area contributed by atoms with Crippen LogP contribution in [0.15, 0.2) is 0 Å². The summed E-state index contributed by atoms with van der Waals surface area (Å²) < 4.78 is 0. The Morgan fingerprint density at radius 2 is 2.10 bits per heavy atom. The Labute approximate surface area is 130 Å². The molecule has 1 aromatic heterocycles. The first-order chi connectivity index (χ1) is 10.1. The smallest absolute Gasteiger partial charge is 0.226 e. The molecule has 0 saturated heterocycles. The van der Waals surface area contributed by atoms with E-state index in [4.69, 9.17) is 0 Å². The number of carbonyl (C=O) groups excluding carboxylic acids is 1. The number of fused-ring (bicyclic) bond motifs is 1. The lowest BCUT2D eigenvalue weighted by atomic mass is 10.1. The molecule has 0 spiro atoms. The molecule has 1 aromatic rings. The van der Waals surface area contributed by atoms with Gasteiger partial charge in [-0.15, -0.1) is 11.3 Å². The van der Waals surface area contributed by atoms with E-state index in [2.05, 4.69) is 30.6 Å². The highest BCUT2D eigenvalue weighted by molar-refractivity contribution is 7.16. The average Bonchev–Trinajstić information content (AvgIpc) is 2.59. The third-order valence-electron chi connectivity index (χ3n) is 3.69. The Hall–Kier alpha value is -1.38. The van der Waals surface area contributed by atoms with Gasteiger partial charge in [0.2, 0.25) is 5.91 Å². The first-order valence-corrected chi connectivity index (χ1v) is 8.51. The molecule has 0 aromatic carbocycles. The molecule has 0 saturated carbocycles. The van der Waals surface area contributed by atoms with Crippen molar-refractivity contribution >= 4 is 22.2 Å². The van der Waals surface area contributed by atoms with Crippen LogP contribution in [0.2, 0.25) is 0 Å². The highest BCUT2D eigenvalue weighted by Gasteiger charge is 2.20. The molecule has 4 nitrogen and oxygen atoms in total. The van der Waals surface area contributed by atoms with Crippen molar-refractivity contribution in [3.8, 4) is 6.07 Å². The topological polar surface area (TPSA) is 64.9 Å². The standard InChI is InChI=1S/C16H23N3OS/c1-11(2)18-9-8-15(20)19-16-13(10-17)12-6-4-3-5-7-14(12)21-16/h11,18H,3-9H2,1-2H3,(H,19,20). The molecular weight excluding hydrogens is 282 g/mol. The molecule has 0 unspecified atom stereocenters. The van der Waals surface area contributed by atoms with Crippen molar-refractivity contribution in [3.63, 3.8) is 0 Å². The van der Waals surface area contributed by atoms with E-state index in [0.717, 1.165) is 24.3 Å². The van der Waals surface area contributed by atoms with Crippen LogP contribution in [0.25, 0.3) is 0 Å². The fourth-order valence-electron chi connectivity index (χ4n) is 2.61. The number of rotatable bonds is 5. The molecule has 0 fully saturated rings. The molecule has 5 heteroatoms. The number of nitriles is 1. The van der Waals surface area contributed by atoms with Crippen LogP contribution in [-0.4, -0.2) is 18.5 Å². The van der Waals surface area contributed by atoms with Gasteiger partial charge in [-0.1, -0.05) is 20.3 Å². The van der Waals surface area contributed by atoms with Gasteiger partial charge in [-0.05, 0) is 31.2 Å². The van der Waals surface area contributed by atoms with Crippen molar-refractivity contribution in [2.45, 2.75) is 58.4 Å². The summed E-state index contributed by atoms with van der Waals surface area (Å²) in [6.45, 7) is 4.78. The van der Waals surface area contributed by atoms with Crippen LogP contribution in [0.3, 0.4) is 0 Å². The van der Waals surface area contributed by atoms with E-state index in [-0.39, 0.29) is 5.91 Å². The number of nitrogens with zero attached hydrogens (tertiary/aromatic N) is 1. The van der Waals surface area contributed by atoms with Gasteiger partial charge in [-0.25, -0.2) is 0 Å². The van der Waals surface area contributed by atoms with Crippen LogP contribution in [0.5, 0.6) is 0 Å². The lowest BCUT2D eigenvalue weighted by molar-refractivity contribution is -0.116. The second-order valence-corrected chi connectivity index (χ2v) is 6.89. The van der Waals surface area contributed by atoms with Crippen molar-refractivity contribution in [3.05, 3.63) is 16.0 Å². The zero-order chi connectivity index (χ0) is 15.2. The van der Waals surface area contributed by atoms with E-state index < -0.39 is 0 Å².